The van der Waals surface area contributed by atoms with Crippen molar-refractivity contribution in [1.29, 1.82) is 0 Å². The van der Waals surface area contributed by atoms with Gasteiger partial charge in [0.05, 0.1) is 11.3 Å². The van der Waals surface area contributed by atoms with Crippen LogP contribution >= 0.6 is 0 Å². The zero-order valence-corrected chi connectivity index (χ0v) is 11.2. The van der Waals surface area contributed by atoms with Gasteiger partial charge in [0.25, 0.3) is 0 Å². The van der Waals surface area contributed by atoms with Crippen LogP contribution in [0, 0.1) is 12.8 Å². The fraction of sp³-hybridized carbons (Fsp3) is 0.786. The lowest BCUT2D eigenvalue weighted by Gasteiger charge is -2.36. The average molecular weight is 236 g/mol. The van der Waals surface area contributed by atoms with Gasteiger partial charge in [0, 0.05) is 19.2 Å². The van der Waals surface area contributed by atoms with Crippen molar-refractivity contribution in [2.24, 2.45) is 13.0 Å². The van der Waals surface area contributed by atoms with Crippen LogP contribution < -0.4 is 0 Å². The number of hydrogen-bond acceptors (Lipinski definition) is 2. The number of aryl methyl sites for hydroxylation is 2. The molecule has 0 saturated heterocycles. The van der Waals surface area contributed by atoms with Crippen molar-refractivity contribution < 1.29 is 5.11 Å². The Bertz CT molecular complexity index is 386. The van der Waals surface area contributed by atoms with E-state index in [-0.39, 0.29) is 0 Å². The Labute approximate surface area is 104 Å². The molecule has 0 spiro atoms. The molecule has 1 N–H and O–H groups in total. The van der Waals surface area contributed by atoms with Gasteiger partial charge < -0.3 is 5.11 Å². The first-order chi connectivity index (χ1) is 8.02. The molecule has 2 unspecified atom stereocenters. The van der Waals surface area contributed by atoms with E-state index < -0.39 is 5.60 Å². The van der Waals surface area contributed by atoms with Crippen molar-refractivity contribution in [3.05, 3.63) is 17.5 Å². The van der Waals surface area contributed by atoms with E-state index in [9.17, 15) is 5.11 Å². The fourth-order valence-electron chi connectivity index (χ4n) is 3.14. The minimum atomic E-state index is -0.501. The first kappa shape index (κ1) is 12.6. The zero-order valence-electron chi connectivity index (χ0n) is 11.2. The van der Waals surface area contributed by atoms with Crippen molar-refractivity contribution in [3.8, 4) is 0 Å². The molecular weight excluding hydrogens is 212 g/mol. The van der Waals surface area contributed by atoms with Crippen LogP contribution in [0.25, 0.3) is 0 Å². The third kappa shape index (κ3) is 2.89. The summed E-state index contributed by atoms with van der Waals surface area (Å²) < 4.78 is 1.91. The van der Waals surface area contributed by atoms with Crippen LogP contribution in [0.3, 0.4) is 0 Å². The Morgan fingerprint density at radius 1 is 1.59 bits per heavy atom. The topological polar surface area (TPSA) is 38.1 Å². The highest BCUT2D eigenvalue weighted by atomic mass is 16.3. The Hall–Kier alpha value is -0.830. The normalized spacial score (nSPS) is 29.5. The van der Waals surface area contributed by atoms with Gasteiger partial charge in [-0.25, -0.2) is 0 Å². The van der Waals surface area contributed by atoms with Gasteiger partial charge in [-0.1, -0.05) is 26.2 Å². The van der Waals surface area contributed by atoms with Crippen molar-refractivity contribution in [2.45, 2.75) is 58.0 Å². The number of rotatable bonds is 3. The summed E-state index contributed by atoms with van der Waals surface area (Å²) in [5.41, 5.74) is 1.69. The van der Waals surface area contributed by atoms with E-state index in [1.807, 2.05) is 18.7 Å². The molecule has 1 aliphatic carbocycles. The van der Waals surface area contributed by atoms with E-state index >= 15 is 0 Å². The summed E-state index contributed by atoms with van der Waals surface area (Å²) >= 11 is 0. The Balaban J connectivity index is 2.08. The van der Waals surface area contributed by atoms with Crippen LogP contribution in [-0.4, -0.2) is 20.5 Å². The number of aromatic nitrogens is 2. The van der Waals surface area contributed by atoms with Gasteiger partial charge in [-0.2, -0.15) is 5.10 Å². The molecule has 0 aliphatic heterocycles. The van der Waals surface area contributed by atoms with Gasteiger partial charge >= 0.3 is 0 Å². The van der Waals surface area contributed by atoms with E-state index in [0.29, 0.717) is 5.92 Å². The third-order valence-corrected chi connectivity index (χ3v) is 4.11. The molecule has 1 saturated carbocycles. The highest BCUT2D eigenvalue weighted by Crippen LogP contribution is 2.36. The molecule has 1 heterocycles. The standard InChI is InChI=1S/C14H24N2O/c1-4-12-6-5-7-14(17,9-12)10-13-8-11(2)15-16(13)3/h8,12,17H,4-7,9-10H2,1-3H3. The van der Waals surface area contributed by atoms with Crippen molar-refractivity contribution in [3.63, 3.8) is 0 Å². The summed E-state index contributed by atoms with van der Waals surface area (Å²) in [5.74, 6) is 0.697. The van der Waals surface area contributed by atoms with Crippen LogP contribution in [0.5, 0.6) is 0 Å². The molecule has 1 aromatic heterocycles. The van der Waals surface area contributed by atoms with Gasteiger partial charge in [0.15, 0.2) is 0 Å². The van der Waals surface area contributed by atoms with Crippen LogP contribution in [-0.2, 0) is 13.5 Å². The molecule has 2 rings (SSSR count). The average Bonchev–Trinajstić information content (AvgIpc) is 2.56. The maximum atomic E-state index is 10.7. The highest BCUT2D eigenvalue weighted by Gasteiger charge is 2.34. The second-order valence-corrected chi connectivity index (χ2v) is 5.67. The van der Waals surface area contributed by atoms with E-state index in [1.165, 1.54) is 12.8 Å². The molecular formula is C14H24N2O. The lowest BCUT2D eigenvalue weighted by atomic mass is 9.75. The predicted octanol–water partition coefficient (Wildman–Crippen LogP) is 2.60. The Kier molecular flexibility index (Phi) is 3.57. The number of aliphatic hydroxyl groups is 1. The molecule has 1 aliphatic rings. The molecule has 3 nitrogen and oxygen atoms in total. The van der Waals surface area contributed by atoms with Crippen LogP contribution in [0.1, 0.15) is 50.4 Å². The molecule has 96 valence electrons. The van der Waals surface area contributed by atoms with Crippen LogP contribution in [0.4, 0.5) is 0 Å². The molecule has 0 amide bonds. The number of hydrogen-bond donors (Lipinski definition) is 1. The van der Waals surface area contributed by atoms with Gasteiger partial charge in [0.2, 0.25) is 0 Å². The molecule has 1 fully saturated rings. The van der Waals surface area contributed by atoms with E-state index in [0.717, 1.165) is 37.1 Å². The second-order valence-electron chi connectivity index (χ2n) is 5.67. The first-order valence-corrected chi connectivity index (χ1v) is 6.74. The van der Waals surface area contributed by atoms with Gasteiger partial charge in [-0.05, 0) is 31.7 Å². The second kappa shape index (κ2) is 4.81. The Morgan fingerprint density at radius 3 is 2.94 bits per heavy atom. The molecule has 17 heavy (non-hydrogen) atoms. The molecule has 0 aromatic carbocycles. The fourth-order valence-corrected chi connectivity index (χ4v) is 3.14. The maximum absolute atomic E-state index is 10.7. The smallest absolute Gasteiger partial charge is 0.0705 e. The molecule has 3 heteroatoms. The molecule has 0 radical (unpaired) electrons. The summed E-state index contributed by atoms with van der Waals surface area (Å²) in [6.07, 6.45) is 6.27. The van der Waals surface area contributed by atoms with Gasteiger partial charge in [-0.3, -0.25) is 4.68 Å². The highest BCUT2D eigenvalue weighted by molar-refractivity contribution is 5.12. The summed E-state index contributed by atoms with van der Waals surface area (Å²) in [5, 5.41) is 15.1. The lowest BCUT2D eigenvalue weighted by Crippen LogP contribution is -2.37. The van der Waals surface area contributed by atoms with Gasteiger partial charge in [-0.15, -0.1) is 0 Å². The van der Waals surface area contributed by atoms with Crippen molar-refractivity contribution in [1.82, 2.24) is 9.78 Å². The SMILES string of the molecule is CCC1CCCC(O)(Cc2cc(C)nn2C)C1. The summed E-state index contributed by atoms with van der Waals surface area (Å²) in [4.78, 5) is 0. The molecule has 2 atom stereocenters. The zero-order chi connectivity index (χ0) is 12.5. The predicted molar refractivity (Wildman–Crippen MR) is 68.8 cm³/mol. The third-order valence-electron chi connectivity index (χ3n) is 4.11. The molecule has 1 aromatic rings. The first-order valence-electron chi connectivity index (χ1n) is 6.74. The van der Waals surface area contributed by atoms with E-state index in [4.69, 9.17) is 0 Å². The van der Waals surface area contributed by atoms with Crippen LogP contribution in [0.15, 0.2) is 6.07 Å². The quantitative estimate of drug-likeness (QED) is 0.876. The largest absolute Gasteiger partial charge is 0.389 e. The summed E-state index contributed by atoms with van der Waals surface area (Å²) in [7, 11) is 1.96. The number of nitrogens with zero attached hydrogens (tertiary/aromatic N) is 2. The van der Waals surface area contributed by atoms with Crippen molar-refractivity contribution in [2.75, 3.05) is 0 Å². The Morgan fingerprint density at radius 2 is 2.35 bits per heavy atom. The monoisotopic (exact) mass is 236 g/mol. The molecule has 0 bridgehead atoms. The van der Waals surface area contributed by atoms with E-state index in [2.05, 4.69) is 18.1 Å². The van der Waals surface area contributed by atoms with Crippen molar-refractivity contribution >= 4 is 0 Å². The van der Waals surface area contributed by atoms with Gasteiger partial charge in [0.1, 0.15) is 0 Å². The minimum absolute atomic E-state index is 0.501. The maximum Gasteiger partial charge on any atom is 0.0705 e. The summed E-state index contributed by atoms with van der Waals surface area (Å²) in [6.45, 7) is 4.23. The minimum Gasteiger partial charge on any atom is -0.389 e. The van der Waals surface area contributed by atoms with Crippen LogP contribution in [0.2, 0.25) is 0 Å². The van der Waals surface area contributed by atoms with E-state index in [1.54, 1.807) is 0 Å². The lowest BCUT2D eigenvalue weighted by molar-refractivity contribution is -0.0175. The summed E-state index contributed by atoms with van der Waals surface area (Å²) in [6, 6.07) is 2.09.